The molecule has 1 aliphatic rings. The van der Waals surface area contributed by atoms with Crippen LogP contribution < -0.4 is 11.1 Å². The monoisotopic (exact) mass is 314 g/mol. The normalized spacial score (nSPS) is 17.3. The Labute approximate surface area is 133 Å². The van der Waals surface area contributed by atoms with Crippen LogP contribution in [0.4, 0.5) is 10.5 Å². The molecule has 0 radical (unpaired) electrons. The third-order valence-electron chi connectivity index (χ3n) is 3.88. The molecule has 2 aromatic rings. The Morgan fingerprint density at radius 2 is 2.22 bits per heavy atom. The molecule has 0 spiro atoms. The van der Waals surface area contributed by atoms with Crippen LogP contribution in [0.5, 0.6) is 0 Å². The molecule has 1 atom stereocenters. The second-order valence-corrected chi connectivity index (χ2v) is 5.59. The van der Waals surface area contributed by atoms with Crippen LogP contribution in [0.2, 0.25) is 0 Å². The minimum atomic E-state index is -0.660. The maximum Gasteiger partial charge on any atom is 0.316 e. The molecule has 120 valence electrons. The number of nitrogens with two attached hydrogens (primary N) is 1. The fraction of sp³-hybridized carbons (Fsp3) is 0.312. The summed E-state index contributed by atoms with van der Waals surface area (Å²) in [5.41, 5.74) is 6.89. The number of aryl methyl sites for hydroxylation is 1. The van der Waals surface area contributed by atoms with Crippen LogP contribution in [0.1, 0.15) is 40.7 Å². The summed E-state index contributed by atoms with van der Waals surface area (Å²) in [6.07, 6.45) is 1.78. The molecule has 3 rings (SSSR count). The Bertz CT molecular complexity index is 740. The zero-order valence-corrected chi connectivity index (χ0v) is 12.8. The van der Waals surface area contributed by atoms with Gasteiger partial charge in [0.1, 0.15) is 11.5 Å². The highest BCUT2D eigenvalue weighted by Crippen LogP contribution is 2.33. The molecule has 3 amide bonds. The lowest BCUT2D eigenvalue weighted by atomic mass is 10.1. The van der Waals surface area contributed by atoms with E-state index in [1.54, 1.807) is 29.2 Å². The Morgan fingerprint density at radius 1 is 1.39 bits per heavy atom. The average molecular weight is 314 g/mol. The maximum atomic E-state index is 12.8. The van der Waals surface area contributed by atoms with E-state index in [0.29, 0.717) is 17.8 Å². The zero-order chi connectivity index (χ0) is 16.4. The van der Waals surface area contributed by atoms with Crippen LogP contribution in [-0.4, -0.2) is 28.5 Å². The Morgan fingerprint density at radius 3 is 2.91 bits per heavy atom. The van der Waals surface area contributed by atoms with Gasteiger partial charge in [0, 0.05) is 23.9 Å². The Hall–Kier alpha value is -2.83. The van der Waals surface area contributed by atoms with E-state index in [0.717, 1.165) is 24.3 Å². The molecule has 1 aliphatic heterocycles. The molecule has 3 N–H and O–H groups in total. The minimum Gasteiger partial charge on any atom is -0.361 e. The quantitative estimate of drug-likeness (QED) is 0.908. The first-order valence-electron chi connectivity index (χ1n) is 7.45. The van der Waals surface area contributed by atoms with Crippen LogP contribution in [0.25, 0.3) is 0 Å². The van der Waals surface area contributed by atoms with Crippen LogP contribution >= 0.6 is 0 Å². The van der Waals surface area contributed by atoms with E-state index in [2.05, 4.69) is 10.5 Å². The largest absolute Gasteiger partial charge is 0.361 e. The van der Waals surface area contributed by atoms with Gasteiger partial charge < -0.3 is 20.5 Å². The number of hydrogen-bond donors (Lipinski definition) is 2. The third-order valence-corrected chi connectivity index (χ3v) is 3.88. The summed E-state index contributed by atoms with van der Waals surface area (Å²) in [7, 11) is 0. The number of carbonyl (C=O) groups excluding carboxylic acids is 2. The van der Waals surface area contributed by atoms with Crippen molar-refractivity contribution in [1.82, 2.24) is 10.1 Å². The van der Waals surface area contributed by atoms with Crippen molar-refractivity contribution in [3.05, 3.63) is 47.3 Å². The predicted molar refractivity (Wildman–Crippen MR) is 83.9 cm³/mol. The minimum absolute atomic E-state index is 0.0762. The molecule has 0 saturated carbocycles. The molecule has 1 fully saturated rings. The van der Waals surface area contributed by atoms with Gasteiger partial charge in [0.2, 0.25) is 0 Å². The van der Waals surface area contributed by atoms with Gasteiger partial charge in [-0.15, -0.1) is 0 Å². The fourth-order valence-electron chi connectivity index (χ4n) is 2.90. The predicted octanol–water partition coefficient (Wildman–Crippen LogP) is 2.45. The number of anilines is 1. The van der Waals surface area contributed by atoms with Crippen molar-refractivity contribution in [3.63, 3.8) is 0 Å². The van der Waals surface area contributed by atoms with Crippen molar-refractivity contribution in [3.8, 4) is 0 Å². The van der Waals surface area contributed by atoms with E-state index in [1.807, 2.05) is 13.0 Å². The molecule has 7 nitrogen and oxygen atoms in total. The van der Waals surface area contributed by atoms with E-state index < -0.39 is 6.03 Å². The second-order valence-electron chi connectivity index (χ2n) is 5.59. The van der Waals surface area contributed by atoms with Crippen molar-refractivity contribution in [1.29, 1.82) is 0 Å². The summed E-state index contributed by atoms with van der Waals surface area (Å²) in [6.45, 7) is 2.50. The standard InChI is InChI=1S/C16H18N4O3/c1-10-8-13(19-23-10)14-6-3-7-20(14)15(21)11-4-2-5-12(9-11)18-16(17)22/h2,4-5,8-9,14H,3,6-7H2,1H3,(H3,17,18,22)/t14-/m1/s1. The fourth-order valence-corrected chi connectivity index (χ4v) is 2.90. The van der Waals surface area contributed by atoms with E-state index in [9.17, 15) is 9.59 Å². The maximum absolute atomic E-state index is 12.8. The highest BCUT2D eigenvalue weighted by molar-refractivity contribution is 5.97. The number of aromatic nitrogens is 1. The van der Waals surface area contributed by atoms with Crippen molar-refractivity contribution < 1.29 is 14.1 Å². The smallest absolute Gasteiger partial charge is 0.316 e. The van der Waals surface area contributed by atoms with E-state index in [-0.39, 0.29) is 11.9 Å². The van der Waals surface area contributed by atoms with Gasteiger partial charge >= 0.3 is 6.03 Å². The number of nitrogens with one attached hydrogen (secondary N) is 1. The van der Waals surface area contributed by atoms with Gasteiger partial charge in [0.05, 0.1) is 6.04 Å². The third kappa shape index (κ3) is 3.18. The van der Waals surface area contributed by atoms with Gasteiger partial charge in [-0.25, -0.2) is 4.79 Å². The first-order valence-corrected chi connectivity index (χ1v) is 7.45. The summed E-state index contributed by atoms with van der Waals surface area (Å²) in [4.78, 5) is 25.5. The highest BCUT2D eigenvalue weighted by Gasteiger charge is 2.32. The van der Waals surface area contributed by atoms with E-state index in [4.69, 9.17) is 10.3 Å². The van der Waals surface area contributed by atoms with E-state index in [1.165, 1.54) is 0 Å². The number of amides is 3. The second kappa shape index (κ2) is 6.12. The number of urea groups is 1. The molecule has 1 saturated heterocycles. The summed E-state index contributed by atoms with van der Waals surface area (Å²) in [5.74, 6) is 0.633. The number of carbonyl (C=O) groups is 2. The van der Waals surface area contributed by atoms with Gasteiger partial charge in [-0.2, -0.15) is 0 Å². The summed E-state index contributed by atoms with van der Waals surface area (Å²) in [5, 5.41) is 6.52. The van der Waals surface area contributed by atoms with Gasteiger partial charge in [-0.05, 0) is 38.0 Å². The number of rotatable bonds is 3. The van der Waals surface area contributed by atoms with Crippen LogP contribution in [0.3, 0.4) is 0 Å². The Kier molecular flexibility index (Phi) is 4.01. The van der Waals surface area contributed by atoms with Crippen LogP contribution in [0.15, 0.2) is 34.9 Å². The first-order chi connectivity index (χ1) is 11.0. The lowest BCUT2D eigenvalue weighted by molar-refractivity contribution is 0.0731. The number of benzene rings is 1. The average Bonchev–Trinajstić information content (AvgIpc) is 3.14. The molecule has 1 aromatic heterocycles. The number of likely N-dealkylation sites (tertiary alicyclic amines) is 1. The lowest BCUT2D eigenvalue weighted by Gasteiger charge is -2.23. The molecule has 1 aromatic carbocycles. The molecule has 0 unspecified atom stereocenters. The topological polar surface area (TPSA) is 101 Å². The molecule has 23 heavy (non-hydrogen) atoms. The summed E-state index contributed by atoms with van der Waals surface area (Å²) < 4.78 is 5.12. The van der Waals surface area contributed by atoms with Gasteiger partial charge in [0.25, 0.3) is 5.91 Å². The molecule has 0 aliphatic carbocycles. The van der Waals surface area contributed by atoms with Crippen molar-refractivity contribution in [2.45, 2.75) is 25.8 Å². The molecule has 0 bridgehead atoms. The lowest BCUT2D eigenvalue weighted by Crippen LogP contribution is -2.30. The highest BCUT2D eigenvalue weighted by atomic mass is 16.5. The number of nitrogens with zero attached hydrogens (tertiary/aromatic N) is 2. The van der Waals surface area contributed by atoms with Gasteiger partial charge in [-0.1, -0.05) is 11.2 Å². The van der Waals surface area contributed by atoms with Crippen LogP contribution in [-0.2, 0) is 0 Å². The van der Waals surface area contributed by atoms with Gasteiger partial charge in [-0.3, -0.25) is 4.79 Å². The van der Waals surface area contributed by atoms with Crippen molar-refractivity contribution >= 4 is 17.6 Å². The molecule has 2 heterocycles. The van der Waals surface area contributed by atoms with E-state index >= 15 is 0 Å². The van der Waals surface area contributed by atoms with Crippen molar-refractivity contribution in [2.24, 2.45) is 5.73 Å². The van der Waals surface area contributed by atoms with Crippen molar-refractivity contribution in [2.75, 3.05) is 11.9 Å². The number of hydrogen-bond acceptors (Lipinski definition) is 4. The summed E-state index contributed by atoms with van der Waals surface area (Å²) in [6, 6.07) is 7.86. The molecular weight excluding hydrogens is 296 g/mol. The van der Waals surface area contributed by atoms with Gasteiger partial charge in [0.15, 0.2) is 0 Å². The molecular formula is C16H18N4O3. The summed E-state index contributed by atoms with van der Waals surface area (Å²) >= 11 is 0. The van der Waals surface area contributed by atoms with Crippen LogP contribution in [0, 0.1) is 6.92 Å². The zero-order valence-electron chi connectivity index (χ0n) is 12.8. The first kappa shape index (κ1) is 15.1. The molecule has 7 heteroatoms. The Balaban J connectivity index is 1.83. The number of primary amides is 1. The SMILES string of the molecule is Cc1cc([C@H]2CCCN2C(=O)c2cccc(NC(N)=O)c2)no1.